The van der Waals surface area contributed by atoms with Crippen molar-refractivity contribution in [3.63, 3.8) is 0 Å². The minimum atomic E-state index is -3.00. The van der Waals surface area contributed by atoms with Crippen molar-refractivity contribution in [2.75, 3.05) is 0 Å². The first-order valence-electron chi connectivity index (χ1n) is 5.63. The molecule has 19 heavy (non-hydrogen) atoms. The normalized spacial score (nSPS) is 13.6. The fourth-order valence-electron chi connectivity index (χ4n) is 1.91. The molecule has 0 unspecified atom stereocenters. The van der Waals surface area contributed by atoms with Gasteiger partial charge in [-0.15, -0.1) is 0 Å². The lowest BCUT2D eigenvalue weighted by atomic mass is 10.0. The molecule has 0 N–H and O–H groups in total. The van der Waals surface area contributed by atoms with E-state index in [4.69, 9.17) is 0 Å². The maximum Gasteiger partial charge on any atom is 0.271 e. The van der Waals surface area contributed by atoms with Crippen LogP contribution in [0.2, 0.25) is 0 Å². The maximum atomic E-state index is 13.8. The first-order valence-corrected chi connectivity index (χ1v) is 6.71. The van der Waals surface area contributed by atoms with Crippen LogP contribution in [0, 0.1) is 16.3 Å². The highest BCUT2D eigenvalue weighted by atomic mass is 127. The molecule has 6 heteroatoms. The Bertz CT molecular complexity index is 553. The molecular formula is C13H12F3IN2. The van der Waals surface area contributed by atoms with Gasteiger partial charge in [-0.25, -0.2) is 13.2 Å². The molecule has 2 nitrogen and oxygen atoms in total. The summed E-state index contributed by atoms with van der Waals surface area (Å²) in [6.07, 6.45) is 1.57. The molecular weight excluding hydrogens is 368 g/mol. The number of benzene rings is 1. The first-order chi connectivity index (χ1) is 8.79. The zero-order chi connectivity index (χ0) is 14.2. The summed E-state index contributed by atoms with van der Waals surface area (Å²) in [5, 5.41) is 4.11. The van der Waals surface area contributed by atoms with Crippen molar-refractivity contribution in [2.45, 2.75) is 25.8 Å². The van der Waals surface area contributed by atoms with Gasteiger partial charge in [-0.2, -0.15) is 5.10 Å². The molecule has 2 rings (SSSR count). The summed E-state index contributed by atoms with van der Waals surface area (Å²) >= 11 is 2.04. The minimum Gasteiger partial charge on any atom is -0.258 e. The molecule has 1 atom stereocenters. The minimum absolute atomic E-state index is 0.327. The molecule has 0 saturated heterocycles. The summed E-state index contributed by atoms with van der Waals surface area (Å²) < 4.78 is 42.6. The maximum absolute atomic E-state index is 13.8. The topological polar surface area (TPSA) is 17.8 Å². The lowest BCUT2D eigenvalue weighted by Crippen LogP contribution is -2.29. The summed E-state index contributed by atoms with van der Waals surface area (Å²) in [4.78, 5) is 0. The van der Waals surface area contributed by atoms with Crippen LogP contribution in [0.4, 0.5) is 13.2 Å². The molecule has 0 aliphatic heterocycles. The predicted octanol–water partition coefficient (Wildman–Crippen LogP) is 4.18. The number of rotatable bonds is 3. The van der Waals surface area contributed by atoms with E-state index >= 15 is 0 Å². The van der Waals surface area contributed by atoms with Crippen LogP contribution in [0.25, 0.3) is 0 Å². The van der Waals surface area contributed by atoms with Gasteiger partial charge in [0.2, 0.25) is 0 Å². The molecule has 0 radical (unpaired) electrons. The number of hydrogen-bond acceptors (Lipinski definition) is 1. The van der Waals surface area contributed by atoms with Crippen molar-refractivity contribution in [3.8, 4) is 0 Å². The van der Waals surface area contributed by atoms with Crippen molar-refractivity contribution >= 4 is 22.6 Å². The Labute approximate surface area is 122 Å². The van der Waals surface area contributed by atoms with Gasteiger partial charge in [-0.05, 0) is 47.2 Å². The van der Waals surface area contributed by atoms with E-state index in [0.717, 1.165) is 10.5 Å². The van der Waals surface area contributed by atoms with Crippen LogP contribution in [0.5, 0.6) is 0 Å². The van der Waals surface area contributed by atoms with Crippen molar-refractivity contribution in [1.82, 2.24) is 9.78 Å². The fourth-order valence-corrected chi connectivity index (χ4v) is 2.31. The fraction of sp³-hybridized carbons (Fsp3) is 0.308. The van der Waals surface area contributed by atoms with Crippen molar-refractivity contribution in [2.24, 2.45) is 0 Å². The Balaban J connectivity index is 2.50. The average Bonchev–Trinajstić information content (AvgIpc) is 2.60. The van der Waals surface area contributed by atoms with Crippen molar-refractivity contribution in [3.05, 3.63) is 51.1 Å². The molecule has 1 heterocycles. The molecule has 0 spiro atoms. The largest absolute Gasteiger partial charge is 0.271 e. The van der Waals surface area contributed by atoms with E-state index in [1.54, 1.807) is 13.1 Å². The zero-order valence-corrected chi connectivity index (χ0v) is 12.5. The van der Waals surface area contributed by atoms with Gasteiger partial charge in [0.1, 0.15) is 11.9 Å². The highest BCUT2D eigenvalue weighted by Gasteiger charge is 2.37. The number of halogens is 4. The highest BCUT2D eigenvalue weighted by molar-refractivity contribution is 14.1. The standard InChI is InChI=1S/C13H12F3IN2/c1-8-11(17)7-19(18-8)12(13(2,15)16)9-3-5-10(14)6-4-9/h3-7,12H,1-2H3/t12-/m1/s1. The molecule has 0 saturated carbocycles. The predicted molar refractivity (Wildman–Crippen MR) is 74.8 cm³/mol. The van der Waals surface area contributed by atoms with Gasteiger partial charge in [0.25, 0.3) is 5.92 Å². The van der Waals surface area contributed by atoms with Crippen molar-refractivity contribution in [1.29, 1.82) is 0 Å². The molecule has 0 aliphatic rings. The van der Waals surface area contributed by atoms with E-state index in [-0.39, 0.29) is 0 Å². The van der Waals surface area contributed by atoms with Crippen LogP contribution in [-0.4, -0.2) is 15.7 Å². The summed E-state index contributed by atoms with van der Waals surface area (Å²) in [7, 11) is 0. The van der Waals surface area contributed by atoms with Crippen molar-refractivity contribution < 1.29 is 13.2 Å². The number of aromatic nitrogens is 2. The van der Waals surface area contributed by atoms with E-state index in [1.165, 1.54) is 28.9 Å². The summed E-state index contributed by atoms with van der Waals surface area (Å²) in [6.45, 7) is 2.60. The third-order valence-corrected chi connectivity index (χ3v) is 3.85. The average molecular weight is 380 g/mol. The van der Waals surface area contributed by atoms with Crippen LogP contribution >= 0.6 is 22.6 Å². The second-order valence-electron chi connectivity index (χ2n) is 4.45. The third-order valence-electron chi connectivity index (χ3n) is 2.79. The molecule has 1 aromatic heterocycles. The van der Waals surface area contributed by atoms with Gasteiger partial charge < -0.3 is 0 Å². The molecule has 2 aromatic rings. The van der Waals surface area contributed by atoms with Gasteiger partial charge in [0.15, 0.2) is 0 Å². The SMILES string of the molecule is Cc1nn([C@H](c2ccc(F)cc2)C(C)(F)F)cc1I. The van der Waals surface area contributed by atoms with Crippen LogP contribution in [0.15, 0.2) is 30.5 Å². The molecule has 102 valence electrons. The number of alkyl halides is 2. The Hall–Kier alpha value is -1.05. The van der Waals surface area contributed by atoms with E-state index in [0.29, 0.717) is 11.3 Å². The second-order valence-corrected chi connectivity index (χ2v) is 5.62. The van der Waals surface area contributed by atoms with Crippen LogP contribution in [0.1, 0.15) is 24.2 Å². The molecule has 1 aromatic carbocycles. The van der Waals surface area contributed by atoms with Gasteiger partial charge >= 0.3 is 0 Å². The number of hydrogen-bond donors (Lipinski definition) is 0. The summed E-state index contributed by atoms with van der Waals surface area (Å²) in [6, 6.07) is 3.84. The summed E-state index contributed by atoms with van der Waals surface area (Å²) in [5.74, 6) is -3.45. The Morgan fingerprint density at radius 2 is 1.84 bits per heavy atom. The van der Waals surface area contributed by atoms with E-state index in [1.807, 2.05) is 22.6 Å². The Morgan fingerprint density at radius 3 is 2.26 bits per heavy atom. The lowest BCUT2D eigenvalue weighted by Gasteiger charge is -2.24. The van der Waals surface area contributed by atoms with E-state index in [9.17, 15) is 13.2 Å². The van der Waals surface area contributed by atoms with Gasteiger partial charge in [0.05, 0.1) is 9.26 Å². The Morgan fingerprint density at radius 1 is 1.26 bits per heavy atom. The highest BCUT2D eigenvalue weighted by Crippen LogP contribution is 2.34. The van der Waals surface area contributed by atoms with E-state index < -0.39 is 17.8 Å². The first kappa shape index (κ1) is 14.4. The van der Waals surface area contributed by atoms with Crippen LogP contribution in [-0.2, 0) is 0 Å². The lowest BCUT2D eigenvalue weighted by molar-refractivity contribution is -0.0218. The van der Waals surface area contributed by atoms with Gasteiger partial charge in [-0.3, -0.25) is 4.68 Å². The molecule has 0 fully saturated rings. The van der Waals surface area contributed by atoms with Gasteiger partial charge in [-0.1, -0.05) is 12.1 Å². The van der Waals surface area contributed by atoms with Crippen LogP contribution in [0.3, 0.4) is 0 Å². The number of nitrogens with zero attached hydrogens (tertiary/aromatic N) is 2. The van der Waals surface area contributed by atoms with Gasteiger partial charge in [0, 0.05) is 13.1 Å². The third kappa shape index (κ3) is 3.10. The summed E-state index contributed by atoms with van der Waals surface area (Å²) in [5.41, 5.74) is 1.02. The second kappa shape index (κ2) is 5.15. The van der Waals surface area contributed by atoms with Crippen LogP contribution < -0.4 is 0 Å². The molecule has 0 bridgehead atoms. The van der Waals surface area contributed by atoms with E-state index in [2.05, 4.69) is 5.10 Å². The zero-order valence-electron chi connectivity index (χ0n) is 10.4. The Kier molecular flexibility index (Phi) is 3.89. The smallest absolute Gasteiger partial charge is 0.258 e. The quantitative estimate of drug-likeness (QED) is 0.731. The monoisotopic (exact) mass is 380 g/mol. The molecule has 0 aliphatic carbocycles. The number of aryl methyl sites for hydroxylation is 1. The molecule has 0 amide bonds.